The predicted molar refractivity (Wildman–Crippen MR) is 63.8 cm³/mol. The van der Waals surface area contributed by atoms with E-state index in [0.717, 1.165) is 33.0 Å². The summed E-state index contributed by atoms with van der Waals surface area (Å²) in [7, 11) is 0. The number of aryl methyl sites for hydroxylation is 1. The molecule has 0 nitrogen and oxygen atoms in total. The molecule has 1 aromatic heterocycles. The van der Waals surface area contributed by atoms with Gasteiger partial charge in [0.2, 0.25) is 0 Å². The highest BCUT2D eigenvalue weighted by Gasteiger charge is 2.09. The molecule has 2 aromatic rings. The van der Waals surface area contributed by atoms with E-state index in [1.807, 2.05) is 12.3 Å². The van der Waals surface area contributed by atoms with Crippen LogP contribution in [-0.4, -0.2) is 0 Å². The number of alkyl halides is 1. The van der Waals surface area contributed by atoms with Crippen LogP contribution in [-0.2, 0) is 11.8 Å². The molecule has 0 radical (unpaired) electrons. The van der Waals surface area contributed by atoms with Gasteiger partial charge in [0, 0.05) is 15.4 Å². The molecular weight excluding hydrogens is 263 g/mol. The number of thiophene rings is 1. The van der Waals surface area contributed by atoms with E-state index in [-0.39, 0.29) is 5.82 Å². The van der Waals surface area contributed by atoms with Gasteiger partial charge in [0.05, 0.1) is 0 Å². The molecule has 0 aliphatic rings. The molecule has 0 saturated carbocycles. The van der Waals surface area contributed by atoms with Crippen LogP contribution < -0.4 is 0 Å². The van der Waals surface area contributed by atoms with Crippen molar-refractivity contribution >= 4 is 37.4 Å². The number of fused-ring (bicyclic) bond motifs is 1. The quantitative estimate of drug-likeness (QED) is 0.707. The molecule has 2 rings (SSSR count). The van der Waals surface area contributed by atoms with Gasteiger partial charge in [-0.25, -0.2) is 4.39 Å². The van der Waals surface area contributed by atoms with E-state index in [0.29, 0.717) is 0 Å². The van der Waals surface area contributed by atoms with Gasteiger partial charge >= 0.3 is 0 Å². The molecule has 0 spiro atoms. The molecule has 74 valence electrons. The van der Waals surface area contributed by atoms with Crippen molar-refractivity contribution in [1.82, 2.24) is 0 Å². The van der Waals surface area contributed by atoms with Crippen molar-refractivity contribution in [1.29, 1.82) is 0 Å². The normalized spacial score (nSPS) is 11.1. The second-order valence-corrected chi connectivity index (χ2v) is 4.67. The Labute approximate surface area is 94.9 Å². The molecule has 0 aliphatic heterocycles. The van der Waals surface area contributed by atoms with Crippen LogP contribution in [0.3, 0.4) is 0 Å². The van der Waals surface area contributed by atoms with Crippen LogP contribution in [0, 0.1) is 5.82 Å². The van der Waals surface area contributed by atoms with Gasteiger partial charge in [-0.15, -0.1) is 11.3 Å². The van der Waals surface area contributed by atoms with Crippen molar-refractivity contribution in [2.75, 3.05) is 0 Å². The van der Waals surface area contributed by atoms with E-state index in [1.54, 1.807) is 17.4 Å². The van der Waals surface area contributed by atoms with Crippen LogP contribution in [0.1, 0.15) is 18.1 Å². The second kappa shape index (κ2) is 3.99. The third kappa shape index (κ3) is 1.59. The summed E-state index contributed by atoms with van der Waals surface area (Å²) < 4.78 is 14.8. The van der Waals surface area contributed by atoms with E-state index in [9.17, 15) is 4.39 Å². The smallest absolute Gasteiger partial charge is 0.132 e. The number of benzene rings is 1. The Morgan fingerprint density at radius 3 is 2.86 bits per heavy atom. The molecule has 0 aliphatic carbocycles. The number of hydrogen-bond acceptors (Lipinski definition) is 1. The lowest BCUT2D eigenvalue weighted by Crippen LogP contribution is -1.85. The zero-order chi connectivity index (χ0) is 10.1. The van der Waals surface area contributed by atoms with Gasteiger partial charge in [0.25, 0.3) is 0 Å². The van der Waals surface area contributed by atoms with E-state index in [1.165, 1.54) is 0 Å². The van der Waals surface area contributed by atoms with Crippen LogP contribution in [0.15, 0.2) is 17.5 Å². The van der Waals surface area contributed by atoms with E-state index in [2.05, 4.69) is 22.0 Å². The lowest BCUT2D eigenvalue weighted by atomic mass is 10.1. The standard InChI is InChI=1S/C11H10BrFS/c1-2-7-3-9(13)11-8(5-12)6-14-10(11)4-7/h3-4,6H,2,5H2,1H3. The summed E-state index contributed by atoms with van der Waals surface area (Å²) >= 11 is 4.98. The molecule has 0 amide bonds. The Hall–Kier alpha value is -0.410. The first-order valence-electron chi connectivity index (χ1n) is 4.50. The zero-order valence-corrected chi connectivity index (χ0v) is 10.2. The molecule has 0 bridgehead atoms. The summed E-state index contributed by atoms with van der Waals surface area (Å²) in [5.74, 6) is -0.0879. The average molecular weight is 273 g/mol. The Morgan fingerprint density at radius 1 is 1.43 bits per heavy atom. The summed E-state index contributed by atoms with van der Waals surface area (Å²) in [6.07, 6.45) is 0.883. The Bertz CT molecular complexity index is 462. The first-order chi connectivity index (χ1) is 6.76. The summed E-state index contributed by atoms with van der Waals surface area (Å²) in [5, 5.41) is 3.52. The monoisotopic (exact) mass is 272 g/mol. The number of halogens is 2. The van der Waals surface area contributed by atoms with E-state index >= 15 is 0 Å². The summed E-state index contributed by atoms with van der Waals surface area (Å²) in [6, 6.07) is 3.72. The summed E-state index contributed by atoms with van der Waals surface area (Å²) in [6.45, 7) is 2.04. The maximum atomic E-state index is 13.7. The predicted octanol–water partition coefficient (Wildman–Crippen LogP) is 4.50. The molecule has 0 atom stereocenters. The van der Waals surface area contributed by atoms with Crippen molar-refractivity contribution in [2.24, 2.45) is 0 Å². The molecule has 1 aromatic carbocycles. The van der Waals surface area contributed by atoms with Crippen LogP contribution in [0.2, 0.25) is 0 Å². The minimum Gasteiger partial charge on any atom is -0.206 e. The minimum atomic E-state index is -0.0879. The van der Waals surface area contributed by atoms with Crippen molar-refractivity contribution in [3.63, 3.8) is 0 Å². The first kappa shape index (κ1) is 10.1. The zero-order valence-electron chi connectivity index (χ0n) is 7.81. The number of rotatable bonds is 2. The van der Waals surface area contributed by atoms with Crippen molar-refractivity contribution in [2.45, 2.75) is 18.7 Å². The molecule has 14 heavy (non-hydrogen) atoms. The maximum Gasteiger partial charge on any atom is 0.132 e. The Kier molecular flexibility index (Phi) is 2.88. The molecule has 0 fully saturated rings. The van der Waals surface area contributed by atoms with Gasteiger partial charge in [-0.2, -0.15) is 0 Å². The maximum absolute atomic E-state index is 13.7. The SMILES string of the molecule is CCc1cc(F)c2c(CBr)csc2c1. The third-order valence-corrected chi connectivity index (χ3v) is 3.90. The number of hydrogen-bond donors (Lipinski definition) is 0. The van der Waals surface area contributed by atoms with Gasteiger partial charge in [-0.05, 0) is 35.1 Å². The highest BCUT2D eigenvalue weighted by Crippen LogP contribution is 2.31. The fourth-order valence-corrected chi connectivity index (χ4v) is 3.23. The Morgan fingerprint density at radius 2 is 2.21 bits per heavy atom. The Balaban J connectivity index is 2.72. The molecule has 0 N–H and O–H groups in total. The average Bonchev–Trinajstić information content (AvgIpc) is 2.61. The van der Waals surface area contributed by atoms with Gasteiger partial charge in [0.1, 0.15) is 5.82 Å². The molecule has 0 unspecified atom stereocenters. The third-order valence-electron chi connectivity index (χ3n) is 2.32. The highest BCUT2D eigenvalue weighted by molar-refractivity contribution is 9.08. The first-order valence-corrected chi connectivity index (χ1v) is 6.50. The lowest BCUT2D eigenvalue weighted by Gasteiger charge is -2.00. The molecule has 1 heterocycles. The summed E-state index contributed by atoms with van der Waals surface area (Å²) in [5.41, 5.74) is 2.11. The van der Waals surface area contributed by atoms with Crippen LogP contribution in [0.4, 0.5) is 4.39 Å². The minimum absolute atomic E-state index is 0.0879. The highest BCUT2D eigenvalue weighted by atomic mass is 79.9. The van der Waals surface area contributed by atoms with Gasteiger partial charge in [-0.3, -0.25) is 0 Å². The summed E-state index contributed by atoms with van der Waals surface area (Å²) in [4.78, 5) is 0. The van der Waals surface area contributed by atoms with Crippen LogP contribution >= 0.6 is 27.3 Å². The largest absolute Gasteiger partial charge is 0.206 e. The van der Waals surface area contributed by atoms with Gasteiger partial charge < -0.3 is 0 Å². The molecular formula is C11H10BrFS. The second-order valence-electron chi connectivity index (χ2n) is 3.20. The molecule has 0 saturated heterocycles. The van der Waals surface area contributed by atoms with Crippen LogP contribution in [0.25, 0.3) is 10.1 Å². The van der Waals surface area contributed by atoms with Gasteiger partial charge in [0.15, 0.2) is 0 Å². The van der Waals surface area contributed by atoms with Crippen molar-refractivity contribution in [3.8, 4) is 0 Å². The fraction of sp³-hybridized carbons (Fsp3) is 0.273. The van der Waals surface area contributed by atoms with E-state index < -0.39 is 0 Å². The van der Waals surface area contributed by atoms with E-state index in [4.69, 9.17) is 0 Å². The van der Waals surface area contributed by atoms with Crippen molar-refractivity contribution in [3.05, 3.63) is 34.5 Å². The lowest BCUT2D eigenvalue weighted by molar-refractivity contribution is 0.637. The van der Waals surface area contributed by atoms with Gasteiger partial charge in [-0.1, -0.05) is 22.9 Å². The van der Waals surface area contributed by atoms with Crippen LogP contribution in [0.5, 0.6) is 0 Å². The molecule has 3 heteroatoms. The fourth-order valence-electron chi connectivity index (χ4n) is 1.54. The topological polar surface area (TPSA) is 0 Å². The van der Waals surface area contributed by atoms with Crippen molar-refractivity contribution < 1.29 is 4.39 Å².